The molecule has 0 fully saturated rings. The number of ether oxygens (including phenoxy) is 1. The van der Waals surface area contributed by atoms with Crippen LogP contribution in [0.25, 0.3) is 11.2 Å². The van der Waals surface area contributed by atoms with Gasteiger partial charge in [-0.25, -0.2) is 28.1 Å². The maximum Gasteiger partial charge on any atom is 0.338 e. The van der Waals surface area contributed by atoms with Crippen LogP contribution in [0, 0.1) is 6.92 Å². The molecule has 0 saturated carbocycles. The summed E-state index contributed by atoms with van der Waals surface area (Å²) in [5.41, 5.74) is 0.0249. The van der Waals surface area contributed by atoms with Crippen molar-refractivity contribution >= 4 is 27.2 Å². The molecule has 0 atom stereocenters. The van der Waals surface area contributed by atoms with E-state index in [1.165, 1.54) is 41.7 Å². The zero-order chi connectivity index (χ0) is 21.5. The maximum absolute atomic E-state index is 12.4. The van der Waals surface area contributed by atoms with Gasteiger partial charge in [0.15, 0.2) is 11.2 Å². The largest absolute Gasteiger partial charge is 0.460 e. The first kappa shape index (κ1) is 20.5. The zero-order valence-electron chi connectivity index (χ0n) is 15.9. The van der Waals surface area contributed by atoms with Crippen LogP contribution >= 0.6 is 0 Å². The molecule has 0 bridgehead atoms. The molecule has 0 saturated heterocycles. The van der Waals surface area contributed by atoms with Gasteiger partial charge in [-0.2, -0.15) is 0 Å². The topological polar surface area (TPSA) is 148 Å². The molecule has 0 amide bonds. The third kappa shape index (κ3) is 3.71. The molecule has 2 heterocycles. The van der Waals surface area contributed by atoms with Crippen molar-refractivity contribution < 1.29 is 17.9 Å². The fraction of sp³-hybridized carbons (Fsp3) is 0.294. The van der Waals surface area contributed by atoms with Crippen molar-refractivity contribution in [3.05, 3.63) is 56.5 Å². The Labute approximate surface area is 165 Å². The van der Waals surface area contributed by atoms with Crippen molar-refractivity contribution in [3.8, 4) is 0 Å². The first-order valence-corrected chi connectivity index (χ1v) is 9.98. The molecular formula is C17H19N5O6S. The van der Waals surface area contributed by atoms with Crippen LogP contribution in [-0.2, 0) is 35.4 Å². The molecule has 0 unspecified atom stereocenters. The van der Waals surface area contributed by atoms with Crippen LogP contribution in [0.15, 0.2) is 39.0 Å². The van der Waals surface area contributed by atoms with Crippen LogP contribution in [-0.4, -0.2) is 39.7 Å². The Morgan fingerprint density at radius 2 is 1.90 bits per heavy atom. The lowest BCUT2D eigenvalue weighted by molar-refractivity contribution is 0.0491. The molecule has 1 aromatic carbocycles. The predicted molar refractivity (Wildman–Crippen MR) is 103 cm³/mol. The molecule has 0 aliphatic rings. The molecule has 2 aromatic heterocycles. The minimum absolute atomic E-state index is 0.0744. The molecule has 3 rings (SSSR count). The van der Waals surface area contributed by atoms with Crippen molar-refractivity contribution in [2.24, 2.45) is 19.2 Å². The van der Waals surface area contributed by atoms with Crippen LogP contribution in [0.1, 0.15) is 15.9 Å². The van der Waals surface area contributed by atoms with E-state index in [1.54, 1.807) is 6.92 Å². The first-order chi connectivity index (χ1) is 13.5. The predicted octanol–water partition coefficient (Wildman–Crippen LogP) is -0.753. The quantitative estimate of drug-likeness (QED) is 0.533. The highest BCUT2D eigenvalue weighted by molar-refractivity contribution is 7.89. The highest BCUT2D eigenvalue weighted by Crippen LogP contribution is 2.16. The number of nitrogens with zero attached hydrogens (tertiary/aromatic N) is 4. The standard InChI is InChI=1S/C17H19N5O6S/c1-10-4-5-11(29(18,26)27)8-12(10)16(24)28-7-6-22-9-19-14-13(22)15(23)21(3)17(25)20(14)2/h4-5,8-9H,6-7H2,1-3H3,(H2,18,26,27). The second-order valence-corrected chi connectivity index (χ2v) is 8.04. The zero-order valence-corrected chi connectivity index (χ0v) is 16.8. The lowest BCUT2D eigenvalue weighted by Crippen LogP contribution is -2.37. The van der Waals surface area contributed by atoms with Gasteiger partial charge in [0.2, 0.25) is 10.0 Å². The van der Waals surface area contributed by atoms with Gasteiger partial charge in [-0.3, -0.25) is 13.9 Å². The molecular weight excluding hydrogens is 402 g/mol. The lowest BCUT2D eigenvalue weighted by atomic mass is 10.1. The van der Waals surface area contributed by atoms with Crippen molar-refractivity contribution in [2.75, 3.05) is 6.61 Å². The van der Waals surface area contributed by atoms with Crippen molar-refractivity contribution in [1.82, 2.24) is 18.7 Å². The van der Waals surface area contributed by atoms with E-state index in [0.717, 1.165) is 10.6 Å². The van der Waals surface area contributed by atoms with E-state index in [0.29, 0.717) is 5.56 Å². The van der Waals surface area contributed by atoms with E-state index in [4.69, 9.17) is 9.88 Å². The van der Waals surface area contributed by atoms with Gasteiger partial charge in [-0.05, 0) is 24.6 Å². The summed E-state index contributed by atoms with van der Waals surface area (Å²) in [7, 11) is -1.09. The Bertz CT molecular complexity index is 1350. The summed E-state index contributed by atoms with van der Waals surface area (Å²) >= 11 is 0. The Balaban J connectivity index is 1.82. The van der Waals surface area contributed by atoms with Gasteiger partial charge in [0.05, 0.1) is 23.3 Å². The van der Waals surface area contributed by atoms with Gasteiger partial charge >= 0.3 is 11.7 Å². The molecule has 0 aliphatic carbocycles. The number of aryl methyl sites for hydroxylation is 2. The van der Waals surface area contributed by atoms with Gasteiger partial charge in [-0.1, -0.05) is 6.07 Å². The molecule has 2 N–H and O–H groups in total. The first-order valence-electron chi connectivity index (χ1n) is 8.44. The summed E-state index contributed by atoms with van der Waals surface area (Å²) < 4.78 is 31.9. The number of hydrogen-bond donors (Lipinski definition) is 1. The number of nitrogens with two attached hydrogens (primary N) is 1. The number of benzene rings is 1. The second kappa shape index (κ2) is 7.29. The van der Waals surface area contributed by atoms with Gasteiger partial charge in [0.25, 0.3) is 5.56 Å². The summed E-state index contributed by atoms with van der Waals surface area (Å²) in [6.07, 6.45) is 1.38. The molecule has 154 valence electrons. The third-order valence-corrected chi connectivity index (χ3v) is 5.45. The van der Waals surface area contributed by atoms with Gasteiger partial charge in [0.1, 0.15) is 6.61 Å². The molecule has 29 heavy (non-hydrogen) atoms. The molecule has 0 aliphatic heterocycles. The van der Waals surface area contributed by atoms with Crippen LogP contribution in [0.3, 0.4) is 0 Å². The number of fused-ring (bicyclic) bond motifs is 1. The molecule has 12 heteroatoms. The van der Waals surface area contributed by atoms with E-state index < -0.39 is 27.2 Å². The van der Waals surface area contributed by atoms with Crippen molar-refractivity contribution in [2.45, 2.75) is 18.4 Å². The Hall–Kier alpha value is -3.25. The van der Waals surface area contributed by atoms with Crippen LogP contribution in [0.2, 0.25) is 0 Å². The van der Waals surface area contributed by atoms with Crippen molar-refractivity contribution in [1.29, 1.82) is 0 Å². The van der Waals surface area contributed by atoms with E-state index in [2.05, 4.69) is 4.98 Å². The van der Waals surface area contributed by atoms with Gasteiger partial charge < -0.3 is 9.30 Å². The summed E-state index contributed by atoms with van der Waals surface area (Å²) in [6.45, 7) is 1.65. The minimum Gasteiger partial charge on any atom is -0.460 e. The summed E-state index contributed by atoms with van der Waals surface area (Å²) in [4.78, 5) is 40.6. The Morgan fingerprint density at radius 3 is 2.55 bits per heavy atom. The van der Waals surface area contributed by atoms with E-state index in [-0.39, 0.29) is 34.8 Å². The lowest BCUT2D eigenvalue weighted by Gasteiger charge is -2.10. The molecule has 0 spiro atoms. The van der Waals surface area contributed by atoms with Crippen LogP contribution < -0.4 is 16.4 Å². The van der Waals surface area contributed by atoms with Crippen LogP contribution in [0.4, 0.5) is 0 Å². The van der Waals surface area contributed by atoms with Gasteiger partial charge in [0, 0.05) is 14.1 Å². The number of imidazole rings is 1. The fourth-order valence-corrected chi connectivity index (χ4v) is 3.42. The van der Waals surface area contributed by atoms with Crippen LogP contribution in [0.5, 0.6) is 0 Å². The summed E-state index contributed by atoms with van der Waals surface area (Å²) in [5, 5.41) is 5.10. The smallest absolute Gasteiger partial charge is 0.338 e. The third-order valence-electron chi connectivity index (χ3n) is 4.54. The number of sulfonamides is 1. The number of hydrogen-bond acceptors (Lipinski definition) is 7. The number of primary sulfonamides is 1. The molecule has 3 aromatic rings. The van der Waals surface area contributed by atoms with E-state index in [1.807, 2.05) is 0 Å². The SMILES string of the molecule is Cc1ccc(S(N)(=O)=O)cc1C(=O)OCCn1cnc2c1c(=O)n(C)c(=O)n2C. The molecule has 0 radical (unpaired) electrons. The maximum atomic E-state index is 12.4. The Kier molecular flexibility index (Phi) is 5.15. The Morgan fingerprint density at radius 1 is 1.21 bits per heavy atom. The number of carbonyl (C=O) groups is 1. The number of rotatable bonds is 5. The normalized spacial score (nSPS) is 11.7. The van der Waals surface area contributed by atoms with Gasteiger partial charge in [-0.15, -0.1) is 0 Å². The number of esters is 1. The monoisotopic (exact) mass is 421 g/mol. The summed E-state index contributed by atoms with van der Waals surface area (Å²) in [6, 6.07) is 3.92. The fourth-order valence-electron chi connectivity index (χ4n) is 2.88. The number of aromatic nitrogens is 4. The average Bonchev–Trinajstić information content (AvgIpc) is 3.08. The number of carbonyl (C=O) groups excluding carboxylic acids is 1. The highest BCUT2D eigenvalue weighted by Gasteiger charge is 2.17. The second-order valence-electron chi connectivity index (χ2n) is 6.47. The van der Waals surface area contributed by atoms with E-state index >= 15 is 0 Å². The van der Waals surface area contributed by atoms with Crippen molar-refractivity contribution in [3.63, 3.8) is 0 Å². The highest BCUT2D eigenvalue weighted by atomic mass is 32.2. The summed E-state index contributed by atoms with van der Waals surface area (Å²) in [5.74, 6) is -0.724. The average molecular weight is 421 g/mol. The minimum atomic E-state index is -3.96. The molecule has 11 nitrogen and oxygen atoms in total. The van der Waals surface area contributed by atoms with E-state index in [9.17, 15) is 22.8 Å².